The van der Waals surface area contributed by atoms with Gasteiger partial charge in [-0.05, 0) is 11.2 Å². The smallest absolute Gasteiger partial charge is 0.409 e. The van der Waals surface area contributed by atoms with Gasteiger partial charge in [-0.15, -0.1) is 0 Å². The molecule has 3 heterocycles. The Morgan fingerprint density at radius 1 is 1.30 bits per heavy atom. The second-order valence-corrected chi connectivity index (χ2v) is 5.83. The Morgan fingerprint density at radius 2 is 2.04 bits per heavy atom. The van der Waals surface area contributed by atoms with E-state index in [0.717, 1.165) is 0 Å². The summed E-state index contributed by atoms with van der Waals surface area (Å²) in [5, 5.41) is 22.2. The van der Waals surface area contributed by atoms with Crippen molar-refractivity contribution in [2.45, 2.75) is 6.10 Å². The van der Waals surface area contributed by atoms with Crippen LogP contribution in [0.5, 0.6) is 5.88 Å². The maximum absolute atomic E-state index is 11.5. The summed E-state index contributed by atoms with van der Waals surface area (Å²) in [5.41, 5.74) is 0.599. The van der Waals surface area contributed by atoms with E-state index in [2.05, 4.69) is 15.1 Å². The molecule has 1 aliphatic rings. The van der Waals surface area contributed by atoms with Crippen LogP contribution in [0.3, 0.4) is 0 Å². The molecule has 146 valence electrons. The van der Waals surface area contributed by atoms with E-state index in [9.17, 15) is 4.79 Å². The number of pyridine rings is 1. The molecule has 0 saturated carbocycles. The first-order chi connectivity index (χ1) is 13.1. The molecule has 1 aliphatic heterocycles. The van der Waals surface area contributed by atoms with Crippen LogP contribution >= 0.6 is 0 Å². The predicted molar refractivity (Wildman–Crippen MR) is 92.3 cm³/mol. The molecule has 0 atom stereocenters. The molecule has 27 heavy (non-hydrogen) atoms. The molecule has 2 aromatic rings. The van der Waals surface area contributed by atoms with Gasteiger partial charge < -0.3 is 34.0 Å². The molecule has 1 saturated heterocycles. The number of aromatic nitrogens is 3. The first-order valence-electron chi connectivity index (χ1n) is 8.41. The van der Waals surface area contributed by atoms with E-state index in [1.807, 2.05) is 4.90 Å². The Bertz CT molecular complexity index is 757. The van der Waals surface area contributed by atoms with Crippen molar-refractivity contribution in [3.63, 3.8) is 0 Å². The van der Waals surface area contributed by atoms with E-state index in [-0.39, 0.29) is 31.1 Å². The SMILES string of the molecule is COC(=O)N1CCN(c2noc(-c3ccnc(OC(CO)CO)c3)n2)CC1. The average molecular weight is 379 g/mol. The molecule has 11 nitrogen and oxygen atoms in total. The van der Waals surface area contributed by atoms with Crippen molar-refractivity contribution in [3.8, 4) is 17.3 Å². The van der Waals surface area contributed by atoms with Gasteiger partial charge in [0, 0.05) is 44.0 Å². The fourth-order valence-electron chi connectivity index (χ4n) is 2.59. The molecular formula is C16H21N5O6. The van der Waals surface area contributed by atoms with Crippen LogP contribution in [0.15, 0.2) is 22.9 Å². The highest BCUT2D eigenvalue weighted by atomic mass is 16.5. The zero-order valence-electron chi connectivity index (χ0n) is 14.8. The molecule has 0 spiro atoms. The van der Waals surface area contributed by atoms with Crippen LogP contribution in [0.1, 0.15) is 0 Å². The van der Waals surface area contributed by atoms with Crippen LogP contribution in [-0.4, -0.2) is 88.9 Å². The Hall–Kier alpha value is -2.92. The summed E-state index contributed by atoms with van der Waals surface area (Å²) in [4.78, 5) is 23.5. The summed E-state index contributed by atoms with van der Waals surface area (Å²) in [5.74, 6) is 0.946. The van der Waals surface area contributed by atoms with Gasteiger partial charge in [0.15, 0.2) is 0 Å². The van der Waals surface area contributed by atoms with Crippen LogP contribution < -0.4 is 9.64 Å². The first kappa shape index (κ1) is 18.9. The van der Waals surface area contributed by atoms with Gasteiger partial charge in [0.2, 0.25) is 5.88 Å². The molecular weight excluding hydrogens is 358 g/mol. The summed E-state index contributed by atoms with van der Waals surface area (Å²) >= 11 is 0. The van der Waals surface area contributed by atoms with E-state index < -0.39 is 6.10 Å². The monoisotopic (exact) mass is 379 g/mol. The Balaban J connectivity index is 1.67. The van der Waals surface area contributed by atoms with E-state index in [4.69, 9.17) is 24.2 Å². The largest absolute Gasteiger partial charge is 0.469 e. The molecule has 0 aliphatic carbocycles. The number of carbonyl (C=O) groups is 1. The molecule has 0 aromatic carbocycles. The molecule has 3 rings (SSSR count). The van der Waals surface area contributed by atoms with Crippen molar-refractivity contribution < 1.29 is 29.0 Å². The standard InChI is InChI=1S/C16H21N5O6/c1-25-16(24)21-6-4-20(5-7-21)15-18-14(27-19-15)11-2-3-17-13(8-11)26-12(9-22)10-23/h2-3,8,12,22-23H,4-7,9-10H2,1H3. The number of nitrogens with zero attached hydrogens (tertiary/aromatic N) is 5. The van der Waals surface area contributed by atoms with Crippen molar-refractivity contribution in [1.82, 2.24) is 20.0 Å². The van der Waals surface area contributed by atoms with Crippen LogP contribution in [0.25, 0.3) is 11.5 Å². The zero-order valence-corrected chi connectivity index (χ0v) is 14.8. The minimum atomic E-state index is -0.753. The van der Waals surface area contributed by atoms with Crippen molar-refractivity contribution in [1.29, 1.82) is 0 Å². The van der Waals surface area contributed by atoms with E-state index in [0.29, 0.717) is 37.7 Å². The molecule has 0 unspecified atom stereocenters. The highest BCUT2D eigenvalue weighted by molar-refractivity contribution is 5.67. The van der Waals surface area contributed by atoms with Crippen molar-refractivity contribution in [3.05, 3.63) is 18.3 Å². The van der Waals surface area contributed by atoms with Gasteiger partial charge in [-0.3, -0.25) is 0 Å². The minimum Gasteiger partial charge on any atom is -0.469 e. The maximum Gasteiger partial charge on any atom is 0.409 e. The number of aliphatic hydroxyl groups is 2. The van der Waals surface area contributed by atoms with Gasteiger partial charge in [0.25, 0.3) is 11.8 Å². The third kappa shape index (κ3) is 4.44. The lowest BCUT2D eigenvalue weighted by Crippen LogP contribution is -2.49. The summed E-state index contributed by atoms with van der Waals surface area (Å²) < 4.78 is 15.4. The fraction of sp³-hybridized carbons (Fsp3) is 0.500. The number of piperazine rings is 1. The second-order valence-electron chi connectivity index (χ2n) is 5.83. The Kier molecular flexibility index (Phi) is 6.04. The fourth-order valence-corrected chi connectivity index (χ4v) is 2.59. The number of methoxy groups -OCH3 is 1. The summed E-state index contributed by atoms with van der Waals surface area (Å²) in [6.07, 6.45) is 0.407. The van der Waals surface area contributed by atoms with Crippen LogP contribution in [0.4, 0.5) is 10.7 Å². The van der Waals surface area contributed by atoms with Gasteiger partial charge in [0.1, 0.15) is 6.10 Å². The molecule has 0 radical (unpaired) electrons. The van der Waals surface area contributed by atoms with Crippen LogP contribution in [-0.2, 0) is 4.74 Å². The van der Waals surface area contributed by atoms with Gasteiger partial charge >= 0.3 is 6.09 Å². The van der Waals surface area contributed by atoms with E-state index in [1.165, 1.54) is 13.3 Å². The van der Waals surface area contributed by atoms with Crippen molar-refractivity contribution in [2.75, 3.05) is 51.4 Å². The van der Waals surface area contributed by atoms with Crippen LogP contribution in [0, 0.1) is 0 Å². The number of amides is 1. The third-order valence-corrected chi connectivity index (χ3v) is 4.09. The van der Waals surface area contributed by atoms with Gasteiger partial charge in [0.05, 0.1) is 20.3 Å². The second kappa shape index (κ2) is 8.64. The quantitative estimate of drug-likeness (QED) is 0.692. The van der Waals surface area contributed by atoms with E-state index in [1.54, 1.807) is 17.0 Å². The lowest BCUT2D eigenvalue weighted by Gasteiger charge is -2.32. The highest BCUT2D eigenvalue weighted by Crippen LogP contribution is 2.23. The Morgan fingerprint density at radius 3 is 2.70 bits per heavy atom. The molecule has 11 heteroatoms. The summed E-state index contributed by atoms with van der Waals surface area (Å²) in [7, 11) is 1.36. The lowest BCUT2D eigenvalue weighted by molar-refractivity contribution is 0.0597. The first-order valence-corrected chi connectivity index (χ1v) is 8.41. The number of carbonyl (C=O) groups excluding carboxylic acids is 1. The molecule has 0 bridgehead atoms. The minimum absolute atomic E-state index is 0.229. The summed E-state index contributed by atoms with van der Waals surface area (Å²) in [6.45, 7) is 1.48. The van der Waals surface area contributed by atoms with E-state index >= 15 is 0 Å². The van der Waals surface area contributed by atoms with Crippen LogP contribution in [0.2, 0.25) is 0 Å². The molecule has 2 aromatic heterocycles. The van der Waals surface area contributed by atoms with Gasteiger partial charge in [-0.2, -0.15) is 4.98 Å². The van der Waals surface area contributed by atoms with Crippen molar-refractivity contribution >= 4 is 12.0 Å². The third-order valence-electron chi connectivity index (χ3n) is 4.09. The molecule has 1 amide bonds. The predicted octanol–water partition coefficient (Wildman–Crippen LogP) is -0.248. The number of ether oxygens (including phenoxy) is 2. The summed E-state index contributed by atoms with van der Waals surface area (Å²) in [6, 6.07) is 3.27. The Labute approximate surface area is 155 Å². The number of hydrogen-bond donors (Lipinski definition) is 2. The lowest BCUT2D eigenvalue weighted by atomic mass is 10.2. The maximum atomic E-state index is 11.5. The zero-order chi connectivity index (χ0) is 19.2. The molecule has 1 fully saturated rings. The number of hydrogen-bond acceptors (Lipinski definition) is 10. The normalized spacial score (nSPS) is 14.5. The number of rotatable bonds is 6. The van der Waals surface area contributed by atoms with Gasteiger partial charge in [-0.25, -0.2) is 9.78 Å². The van der Waals surface area contributed by atoms with Crippen molar-refractivity contribution in [2.24, 2.45) is 0 Å². The highest BCUT2D eigenvalue weighted by Gasteiger charge is 2.24. The van der Waals surface area contributed by atoms with Gasteiger partial charge in [-0.1, -0.05) is 0 Å². The number of anilines is 1. The number of aliphatic hydroxyl groups excluding tert-OH is 2. The topological polar surface area (TPSA) is 134 Å². The average Bonchev–Trinajstić information content (AvgIpc) is 3.22. The molecule has 2 N–H and O–H groups in total.